The molecule has 1 aromatic carbocycles. The molecule has 1 unspecified atom stereocenters. The summed E-state index contributed by atoms with van der Waals surface area (Å²) in [5, 5.41) is 12.7. The number of nitrogens with one attached hydrogen (secondary N) is 1. The topological polar surface area (TPSA) is 32.3 Å². The van der Waals surface area contributed by atoms with Gasteiger partial charge in [0.25, 0.3) is 0 Å². The van der Waals surface area contributed by atoms with Crippen LogP contribution in [-0.2, 0) is 0 Å². The van der Waals surface area contributed by atoms with Crippen molar-refractivity contribution < 1.29 is 5.11 Å². The highest BCUT2D eigenvalue weighted by Crippen LogP contribution is 2.36. The lowest BCUT2D eigenvalue weighted by Gasteiger charge is -2.15. The van der Waals surface area contributed by atoms with E-state index in [4.69, 9.17) is 11.6 Å². The van der Waals surface area contributed by atoms with Crippen molar-refractivity contribution in [2.24, 2.45) is 0 Å². The van der Waals surface area contributed by atoms with Gasteiger partial charge in [-0.15, -0.1) is 11.3 Å². The van der Waals surface area contributed by atoms with Crippen molar-refractivity contribution in [2.45, 2.75) is 6.04 Å². The maximum atomic E-state index is 9.43. The van der Waals surface area contributed by atoms with Crippen molar-refractivity contribution in [3.05, 3.63) is 50.1 Å². The molecule has 0 aliphatic rings. The largest absolute Gasteiger partial charge is 0.394 e. The van der Waals surface area contributed by atoms with Crippen molar-refractivity contribution >= 4 is 44.6 Å². The van der Waals surface area contributed by atoms with E-state index in [-0.39, 0.29) is 12.6 Å². The summed E-state index contributed by atoms with van der Waals surface area (Å²) in [6, 6.07) is 11.6. The number of para-hydroxylation sites is 1. The maximum absolute atomic E-state index is 9.43. The molecule has 1 aromatic heterocycles. The van der Waals surface area contributed by atoms with Crippen LogP contribution in [0.3, 0.4) is 0 Å². The second kappa shape index (κ2) is 5.87. The Balaban J connectivity index is 2.17. The minimum atomic E-state index is -0.133. The first-order valence-corrected chi connectivity index (χ1v) is 7.06. The van der Waals surface area contributed by atoms with Crippen LogP contribution in [0.2, 0.25) is 4.34 Å². The van der Waals surface area contributed by atoms with Gasteiger partial charge in [-0.25, -0.2) is 0 Å². The molecule has 2 nitrogen and oxygen atoms in total. The normalized spacial score (nSPS) is 12.4. The summed E-state index contributed by atoms with van der Waals surface area (Å²) in [6.45, 7) is 0.0260. The van der Waals surface area contributed by atoms with E-state index in [1.807, 2.05) is 36.4 Å². The molecule has 2 rings (SSSR count). The molecule has 2 N–H and O–H groups in total. The van der Waals surface area contributed by atoms with E-state index >= 15 is 0 Å². The number of hydrogen-bond acceptors (Lipinski definition) is 3. The standard InChI is InChI=1S/C12H11BrClNOS/c13-9-6-11(17-12(9)14)10(7-16)15-8-4-2-1-3-5-8/h1-6,10,15-16H,7H2. The van der Waals surface area contributed by atoms with Gasteiger partial charge in [-0.05, 0) is 34.1 Å². The molecule has 1 heterocycles. The number of thiophene rings is 1. The maximum Gasteiger partial charge on any atom is 0.107 e. The summed E-state index contributed by atoms with van der Waals surface area (Å²) in [7, 11) is 0. The first-order valence-electron chi connectivity index (χ1n) is 5.08. The van der Waals surface area contributed by atoms with Crippen LogP contribution in [0.25, 0.3) is 0 Å². The fourth-order valence-electron chi connectivity index (χ4n) is 1.48. The fraction of sp³-hybridized carbons (Fsp3) is 0.167. The lowest BCUT2D eigenvalue weighted by molar-refractivity contribution is 0.278. The predicted molar refractivity (Wildman–Crippen MR) is 76.9 cm³/mol. The van der Waals surface area contributed by atoms with E-state index in [1.54, 1.807) is 0 Å². The van der Waals surface area contributed by atoms with Crippen LogP contribution >= 0.6 is 38.9 Å². The highest BCUT2D eigenvalue weighted by atomic mass is 79.9. The van der Waals surface area contributed by atoms with E-state index in [0.717, 1.165) is 15.0 Å². The molecule has 17 heavy (non-hydrogen) atoms. The highest BCUT2D eigenvalue weighted by molar-refractivity contribution is 9.10. The summed E-state index contributed by atoms with van der Waals surface area (Å²) < 4.78 is 1.57. The third-order valence-corrected chi connectivity index (χ3v) is 4.89. The zero-order chi connectivity index (χ0) is 12.3. The molecule has 0 aliphatic carbocycles. The smallest absolute Gasteiger partial charge is 0.107 e. The molecule has 0 aliphatic heterocycles. The van der Waals surface area contributed by atoms with E-state index in [0.29, 0.717) is 4.34 Å². The Morgan fingerprint density at radius 2 is 2.06 bits per heavy atom. The summed E-state index contributed by atoms with van der Waals surface area (Å²) in [5.41, 5.74) is 0.979. The number of halogens is 2. The van der Waals surface area contributed by atoms with Gasteiger partial charge in [0.2, 0.25) is 0 Å². The molecule has 0 amide bonds. The number of rotatable bonds is 4. The lowest BCUT2D eigenvalue weighted by atomic mass is 10.2. The van der Waals surface area contributed by atoms with Gasteiger partial charge in [0.05, 0.1) is 12.6 Å². The zero-order valence-corrected chi connectivity index (χ0v) is 12.0. The van der Waals surface area contributed by atoms with Gasteiger partial charge < -0.3 is 10.4 Å². The third-order valence-electron chi connectivity index (χ3n) is 2.30. The van der Waals surface area contributed by atoms with E-state index in [9.17, 15) is 5.11 Å². The molecule has 0 bridgehead atoms. The molecule has 0 spiro atoms. The Morgan fingerprint density at radius 3 is 2.59 bits per heavy atom. The Hall–Kier alpha value is -0.550. The molecule has 0 fully saturated rings. The predicted octanol–water partition coefficient (Wildman–Crippen LogP) is 4.31. The zero-order valence-electron chi connectivity index (χ0n) is 8.86. The minimum absolute atomic E-state index is 0.0260. The minimum Gasteiger partial charge on any atom is -0.394 e. The SMILES string of the molecule is OCC(Nc1ccccc1)c1cc(Br)c(Cl)s1. The van der Waals surface area contributed by atoms with Crippen molar-refractivity contribution in [1.29, 1.82) is 0 Å². The quantitative estimate of drug-likeness (QED) is 0.874. The highest BCUT2D eigenvalue weighted by Gasteiger charge is 2.14. The van der Waals surface area contributed by atoms with E-state index < -0.39 is 0 Å². The van der Waals surface area contributed by atoms with Crippen molar-refractivity contribution in [2.75, 3.05) is 11.9 Å². The van der Waals surface area contributed by atoms with Gasteiger partial charge >= 0.3 is 0 Å². The van der Waals surface area contributed by atoms with Crippen LogP contribution in [0.1, 0.15) is 10.9 Å². The molecule has 2 aromatic rings. The Bertz CT molecular complexity index is 469. The van der Waals surface area contributed by atoms with E-state index in [2.05, 4.69) is 21.2 Å². The molecule has 90 valence electrons. The van der Waals surface area contributed by atoms with E-state index in [1.165, 1.54) is 11.3 Å². The molecular weight excluding hydrogens is 322 g/mol. The average molecular weight is 333 g/mol. The monoisotopic (exact) mass is 331 g/mol. The summed E-state index contributed by atoms with van der Waals surface area (Å²) >= 11 is 10.8. The molecular formula is C12H11BrClNOS. The van der Waals surface area contributed by atoms with Crippen molar-refractivity contribution in [1.82, 2.24) is 0 Å². The number of hydrogen-bond donors (Lipinski definition) is 2. The van der Waals surface area contributed by atoms with Crippen LogP contribution in [0.4, 0.5) is 5.69 Å². The van der Waals surface area contributed by atoms with Gasteiger partial charge in [-0.2, -0.15) is 0 Å². The number of anilines is 1. The molecule has 0 saturated heterocycles. The van der Waals surface area contributed by atoms with Gasteiger partial charge in [0, 0.05) is 15.0 Å². The Morgan fingerprint density at radius 1 is 1.35 bits per heavy atom. The first-order chi connectivity index (χ1) is 8.20. The van der Waals surface area contributed by atoms with Crippen molar-refractivity contribution in [3.8, 4) is 0 Å². The van der Waals surface area contributed by atoms with Crippen LogP contribution < -0.4 is 5.32 Å². The van der Waals surface area contributed by atoms with Crippen LogP contribution in [-0.4, -0.2) is 11.7 Å². The summed E-state index contributed by atoms with van der Waals surface area (Å²) in [5.74, 6) is 0. The second-order valence-electron chi connectivity index (χ2n) is 3.52. The van der Waals surface area contributed by atoms with Gasteiger partial charge in [-0.1, -0.05) is 29.8 Å². The Labute approximate surface area is 117 Å². The summed E-state index contributed by atoms with van der Waals surface area (Å²) in [6.07, 6.45) is 0. The Kier molecular flexibility index (Phi) is 4.45. The molecule has 0 radical (unpaired) electrons. The first kappa shape index (κ1) is 12.9. The third kappa shape index (κ3) is 3.22. The number of aliphatic hydroxyl groups excluding tert-OH is 1. The molecule has 1 atom stereocenters. The lowest BCUT2D eigenvalue weighted by Crippen LogP contribution is -2.13. The van der Waals surface area contributed by atoms with Gasteiger partial charge in [0.15, 0.2) is 0 Å². The molecule has 0 saturated carbocycles. The molecule has 5 heteroatoms. The van der Waals surface area contributed by atoms with Crippen LogP contribution in [0.5, 0.6) is 0 Å². The van der Waals surface area contributed by atoms with Crippen LogP contribution in [0.15, 0.2) is 40.9 Å². The van der Waals surface area contributed by atoms with Gasteiger partial charge in [0.1, 0.15) is 4.34 Å². The number of benzene rings is 1. The second-order valence-corrected chi connectivity index (χ2v) is 6.06. The van der Waals surface area contributed by atoms with Gasteiger partial charge in [-0.3, -0.25) is 0 Å². The van der Waals surface area contributed by atoms with Crippen LogP contribution in [0, 0.1) is 0 Å². The average Bonchev–Trinajstić information content (AvgIpc) is 2.68. The summed E-state index contributed by atoms with van der Waals surface area (Å²) in [4.78, 5) is 1.01. The van der Waals surface area contributed by atoms with Crippen molar-refractivity contribution in [3.63, 3.8) is 0 Å². The number of aliphatic hydroxyl groups is 1. The fourth-order valence-corrected chi connectivity index (χ4v) is 3.26.